The maximum absolute atomic E-state index is 11.6. The number of benzene rings is 1. The highest BCUT2D eigenvalue weighted by Gasteiger charge is 2.45. The van der Waals surface area contributed by atoms with Crippen LogP contribution in [0.25, 0.3) is 0 Å². The molecule has 1 aromatic carbocycles. The van der Waals surface area contributed by atoms with Crippen LogP contribution in [0.4, 0.5) is 0 Å². The number of aryl methyl sites for hydroxylation is 2. The second-order valence-corrected chi connectivity index (χ2v) is 8.64. The van der Waals surface area contributed by atoms with Gasteiger partial charge in [0, 0.05) is 12.5 Å². The first kappa shape index (κ1) is 19.5. The highest BCUT2D eigenvalue weighted by molar-refractivity contribution is 7.90. The molecule has 3 rings (SSSR count). The summed E-state index contributed by atoms with van der Waals surface area (Å²) in [4.78, 5) is 15.8. The van der Waals surface area contributed by atoms with Gasteiger partial charge in [-0.1, -0.05) is 12.1 Å². The van der Waals surface area contributed by atoms with E-state index in [0.29, 0.717) is 18.5 Å². The summed E-state index contributed by atoms with van der Waals surface area (Å²) in [6, 6.07) is 5.03. The third-order valence-corrected chi connectivity index (χ3v) is 5.73. The Morgan fingerprint density at radius 3 is 2.52 bits per heavy atom. The molecule has 2 aromatic rings. The molecule has 0 saturated carbocycles. The lowest BCUT2D eigenvalue weighted by molar-refractivity contribution is -0.156. The van der Waals surface area contributed by atoms with Crippen molar-refractivity contribution in [3.63, 3.8) is 0 Å². The Morgan fingerprint density at radius 1 is 1.19 bits per heavy atom. The number of rotatable bonds is 5. The Hall–Kier alpha value is -2.27. The molecule has 0 amide bonds. The Morgan fingerprint density at radius 2 is 1.89 bits per heavy atom. The van der Waals surface area contributed by atoms with E-state index in [2.05, 4.69) is 4.98 Å². The van der Waals surface area contributed by atoms with Gasteiger partial charge < -0.3 is 25.0 Å². The predicted octanol–water partition coefficient (Wildman–Crippen LogP) is -0.534. The fourth-order valence-electron chi connectivity index (χ4n) is 3.18. The number of carboxylic acid groups (broad SMARTS) is 1. The minimum Gasteiger partial charge on any atom is -0.480 e. The lowest BCUT2D eigenvalue weighted by Gasteiger charge is -2.33. The number of aliphatic hydroxyl groups is 3. The molecule has 9 nitrogen and oxygen atoms in total. The SMILES string of the molecule is CS(=O)(=O)c1cccc(CCc2cn3c(n2)[C@H](O)[C@@H](O)[C@H](O)[C@H]3C(=O)O)c1. The van der Waals surface area contributed by atoms with E-state index in [1.54, 1.807) is 18.2 Å². The lowest BCUT2D eigenvalue weighted by atomic mass is 9.96. The first-order valence-corrected chi connectivity index (χ1v) is 10.1. The van der Waals surface area contributed by atoms with E-state index < -0.39 is 40.2 Å². The molecule has 146 valence electrons. The van der Waals surface area contributed by atoms with Crippen molar-refractivity contribution in [2.45, 2.75) is 42.1 Å². The Labute approximate surface area is 155 Å². The molecule has 1 aliphatic heterocycles. The molecular formula is C17H20N2O7S. The lowest BCUT2D eigenvalue weighted by Crippen LogP contribution is -2.47. The van der Waals surface area contributed by atoms with E-state index >= 15 is 0 Å². The zero-order valence-corrected chi connectivity index (χ0v) is 15.2. The smallest absolute Gasteiger partial charge is 0.329 e. The van der Waals surface area contributed by atoms with Gasteiger partial charge in [0.25, 0.3) is 0 Å². The summed E-state index contributed by atoms with van der Waals surface area (Å²) in [6.45, 7) is 0. The van der Waals surface area contributed by atoms with Crippen LogP contribution in [-0.2, 0) is 27.5 Å². The highest BCUT2D eigenvalue weighted by atomic mass is 32.2. The summed E-state index contributed by atoms with van der Waals surface area (Å²) < 4.78 is 24.4. The van der Waals surface area contributed by atoms with Gasteiger partial charge in [0.2, 0.25) is 0 Å². The Kier molecular flexibility index (Phi) is 5.08. The number of imidazole rings is 1. The number of aliphatic carboxylic acids is 1. The topological polar surface area (TPSA) is 150 Å². The molecule has 27 heavy (non-hydrogen) atoms. The van der Waals surface area contributed by atoms with Gasteiger partial charge >= 0.3 is 5.97 Å². The first-order chi connectivity index (χ1) is 12.6. The van der Waals surface area contributed by atoms with Crippen molar-refractivity contribution in [1.82, 2.24) is 9.55 Å². The molecule has 10 heteroatoms. The van der Waals surface area contributed by atoms with Crippen molar-refractivity contribution in [2.24, 2.45) is 0 Å². The Balaban J connectivity index is 1.85. The molecule has 0 saturated heterocycles. The summed E-state index contributed by atoms with van der Waals surface area (Å²) in [7, 11) is -3.32. The molecule has 0 unspecified atom stereocenters. The number of hydrogen-bond acceptors (Lipinski definition) is 7. The largest absolute Gasteiger partial charge is 0.480 e. The normalized spacial score (nSPS) is 25.2. The number of carboxylic acids is 1. The van der Waals surface area contributed by atoms with Gasteiger partial charge in [0.1, 0.15) is 24.1 Å². The average Bonchev–Trinajstić information content (AvgIpc) is 3.01. The van der Waals surface area contributed by atoms with Crippen molar-refractivity contribution < 1.29 is 33.6 Å². The average molecular weight is 396 g/mol. The van der Waals surface area contributed by atoms with Gasteiger partial charge in [-0.25, -0.2) is 18.2 Å². The zero-order valence-electron chi connectivity index (χ0n) is 14.4. The third kappa shape index (κ3) is 3.74. The fraction of sp³-hybridized carbons (Fsp3) is 0.412. The van der Waals surface area contributed by atoms with Crippen LogP contribution in [0.5, 0.6) is 0 Å². The second-order valence-electron chi connectivity index (χ2n) is 6.63. The van der Waals surface area contributed by atoms with E-state index in [0.717, 1.165) is 16.4 Å². The first-order valence-electron chi connectivity index (χ1n) is 8.23. The van der Waals surface area contributed by atoms with Gasteiger partial charge in [0.15, 0.2) is 15.9 Å². The molecule has 1 aliphatic rings. The van der Waals surface area contributed by atoms with Crippen molar-refractivity contribution in [3.8, 4) is 0 Å². The number of sulfone groups is 1. The van der Waals surface area contributed by atoms with E-state index in [4.69, 9.17) is 0 Å². The minimum absolute atomic E-state index is 0.0277. The number of carbonyl (C=O) groups is 1. The molecule has 0 fully saturated rings. The number of nitrogens with zero attached hydrogens (tertiary/aromatic N) is 2. The molecule has 4 N–H and O–H groups in total. The summed E-state index contributed by atoms with van der Waals surface area (Å²) in [5, 5.41) is 39.2. The van der Waals surface area contributed by atoms with Crippen LogP contribution in [0, 0.1) is 0 Å². The minimum atomic E-state index is -3.32. The summed E-state index contributed by atoms with van der Waals surface area (Å²) in [6.07, 6.45) is -1.47. The van der Waals surface area contributed by atoms with Gasteiger partial charge in [-0.15, -0.1) is 0 Å². The number of fused-ring (bicyclic) bond motifs is 1. The maximum Gasteiger partial charge on any atom is 0.329 e. The number of hydrogen-bond donors (Lipinski definition) is 4. The quantitative estimate of drug-likeness (QED) is 0.527. The molecule has 0 spiro atoms. The fourth-order valence-corrected chi connectivity index (χ4v) is 3.87. The van der Waals surface area contributed by atoms with E-state index in [9.17, 15) is 33.6 Å². The second kappa shape index (κ2) is 7.04. The molecule has 1 aromatic heterocycles. The van der Waals surface area contributed by atoms with Crippen molar-refractivity contribution in [2.75, 3.05) is 6.26 Å². The van der Waals surface area contributed by atoms with E-state index in [1.165, 1.54) is 12.3 Å². The van der Waals surface area contributed by atoms with Crippen LogP contribution in [0.2, 0.25) is 0 Å². The molecular weight excluding hydrogens is 376 g/mol. The van der Waals surface area contributed by atoms with Crippen LogP contribution < -0.4 is 0 Å². The third-order valence-electron chi connectivity index (χ3n) is 4.62. The maximum atomic E-state index is 11.6. The molecule has 0 bridgehead atoms. The molecule has 2 heterocycles. The summed E-state index contributed by atoms with van der Waals surface area (Å²) in [5.74, 6) is -1.38. The van der Waals surface area contributed by atoms with Gasteiger partial charge in [-0.2, -0.15) is 0 Å². The summed E-state index contributed by atoms with van der Waals surface area (Å²) in [5.41, 5.74) is 1.22. The van der Waals surface area contributed by atoms with Crippen LogP contribution >= 0.6 is 0 Å². The van der Waals surface area contributed by atoms with Crippen molar-refractivity contribution in [1.29, 1.82) is 0 Å². The van der Waals surface area contributed by atoms with Crippen molar-refractivity contribution in [3.05, 3.63) is 47.5 Å². The summed E-state index contributed by atoms with van der Waals surface area (Å²) >= 11 is 0. The van der Waals surface area contributed by atoms with E-state index in [-0.39, 0.29) is 10.7 Å². The van der Waals surface area contributed by atoms with Crippen LogP contribution in [-0.4, -0.2) is 62.8 Å². The Bertz CT molecular complexity index is 969. The molecule has 4 atom stereocenters. The number of aromatic nitrogens is 2. The van der Waals surface area contributed by atoms with Gasteiger partial charge in [-0.05, 0) is 30.5 Å². The molecule has 0 aliphatic carbocycles. The monoisotopic (exact) mass is 396 g/mol. The van der Waals surface area contributed by atoms with E-state index in [1.807, 2.05) is 0 Å². The standard InChI is InChI=1S/C17H20N2O7S/c1-27(25,26)11-4-2-3-9(7-11)5-6-10-8-19-12(17(23)24)13(20)14(21)15(22)16(19)18-10/h2-4,7-8,12-15,20-22H,5-6H2,1H3,(H,23,24)/t12-,13+,14-,15+/m0/s1. The number of aliphatic hydroxyl groups excluding tert-OH is 3. The van der Waals surface area contributed by atoms with Crippen LogP contribution in [0.3, 0.4) is 0 Å². The zero-order chi connectivity index (χ0) is 19.9. The predicted molar refractivity (Wildman–Crippen MR) is 92.8 cm³/mol. The van der Waals surface area contributed by atoms with Crippen molar-refractivity contribution >= 4 is 15.8 Å². The molecule has 0 radical (unpaired) electrons. The highest BCUT2D eigenvalue weighted by Crippen LogP contribution is 2.33. The van der Waals surface area contributed by atoms with Crippen LogP contribution in [0.1, 0.15) is 29.2 Å². The van der Waals surface area contributed by atoms with Crippen LogP contribution in [0.15, 0.2) is 35.4 Å². The van der Waals surface area contributed by atoms with Gasteiger partial charge in [0.05, 0.1) is 10.6 Å². The van der Waals surface area contributed by atoms with Gasteiger partial charge in [-0.3, -0.25) is 0 Å².